The van der Waals surface area contributed by atoms with Crippen molar-refractivity contribution in [2.24, 2.45) is 0 Å². The topological polar surface area (TPSA) is 36.0 Å². The molecule has 1 aromatic rings. The molecule has 3 aliphatic rings. The fourth-order valence-corrected chi connectivity index (χ4v) is 4.96. The van der Waals surface area contributed by atoms with E-state index in [1.54, 1.807) is 0 Å². The molecule has 0 radical (unpaired) electrons. The van der Waals surface area contributed by atoms with E-state index in [1.807, 2.05) is 4.90 Å². The molecule has 0 aromatic heterocycles. The molecule has 2 unspecified atom stereocenters. The molecule has 26 heavy (non-hydrogen) atoms. The molecule has 1 amide bonds. The molecule has 0 bridgehead atoms. The number of methoxy groups -OCH3 is 1. The summed E-state index contributed by atoms with van der Waals surface area (Å²) in [6.07, 6.45) is 5.61. The van der Waals surface area contributed by atoms with Gasteiger partial charge in [0.1, 0.15) is 0 Å². The summed E-state index contributed by atoms with van der Waals surface area (Å²) in [6, 6.07) is 8.38. The summed E-state index contributed by atoms with van der Waals surface area (Å²) in [5, 5.41) is 0. The van der Waals surface area contributed by atoms with Crippen LogP contribution in [0.4, 0.5) is 10.5 Å². The van der Waals surface area contributed by atoms with E-state index in [4.69, 9.17) is 4.74 Å². The van der Waals surface area contributed by atoms with Crippen LogP contribution in [0.25, 0.3) is 0 Å². The number of carbonyl (C=O) groups excluding carboxylic acids is 1. The number of amides is 1. The van der Waals surface area contributed by atoms with Crippen LogP contribution < -0.4 is 4.90 Å². The lowest BCUT2D eigenvalue weighted by molar-refractivity contribution is 0.125. The second kappa shape index (κ2) is 7.47. The standard InChI is InChI=1S/C21H31N3O2/c1-16-4-3-10-24(16)20-9-13-23(15-20)19-6-5-17-7-11-22(21(25)26-2)12-8-18(17)14-19/h5-6,14,16,20H,3-4,7-13,15H2,1-2H3. The van der Waals surface area contributed by atoms with Crippen molar-refractivity contribution >= 4 is 11.8 Å². The lowest BCUT2D eigenvalue weighted by atomic mass is 10.0. The van der Waals surface area contributed by atoms with E-state index in [0.29, 0.717) is 6.04 Å². The minimum absolute atomic E-state index is 0.208. The lowest BCUT2D eigenvalue weighted by Crippen LogP contribution is -2.39. The number of hydrogen-bond donors (Lipinski definition) is 0. The Balaban J connectivity index is 1.44. The van der Waals surface area contributed by atoms with Gasteiger partial charge in [0.25, 0.3) is 0 Å². The third-order valence-electron chi connectivity index (χ3n) is 6.53. The van der Waals surface area contributed by atoms with Gasteiger partial charge in [-0.3, -0.25) is 4.90 Å². The van der Waals surface area contributed by atoms with Gasteiger partial charge in [-0.1, -0.05) is 6.07 Å². The summed E-state index contributed by atoms with van der Waals surface area (Å²) in [6.45, 7) is 7.45. The van der Waals surface area contributed by atoms with Crippen molar-refractivity contribution in [2.75, 3.05) is 44.7 Å². The molecule has 3 heterocycles. The van der Waals surface area contributed by atoms with E-state index in [1.165, 1.54) is 49.7 Å². The Hall–Kier alpha value is -1.75. The average Bonchev–Trinajstić information content (AvgIpc) is 3.25. The van der Waals surface area contributed by atoms with E-state index >= 15 is 0 Å². The normalized spacial score (nSPS) is 26.7. The van der Waals surface area contributed by atoms with Gasteiger partial charge in [-0.25, -0.2) is 4.79 Å². The number of carbonyl (C=O) groups is 1. The Labute approximate surface area is 156 Å². The van der Waals surface area contributed by atoms with Crippen molar-refractivity contribution in [1.29, 1.82) is 0 Å². The van der Waals surface area contributed by atoms with Crippen LogP contribution >= 0.6 is 0 Å². The number of fused-ring (bicyclic) bond motifs is 1. The van der Waals surface area contributed by atoms with Crippen LogP contribution in [0, 0.1) is 0 Å². The van der Waals surface area contributed by atoms with Gasteiger partial charge in [-0.05, 0) is 68.8 Å². The average molecular weight is 357 g/mol. The highest BCUT2D eigenvalue weighted by molar-refractivity contribution is 5.67. The van der Waals surface area contributed by atoms with Gasteiger partial charge in [-0.2, -0.15) is 0 Å². The number of hydrogen-bond acceptors (Lipinski definition) is 4. The summed E-state index contributed by atoms with van der Waals surface area (Å²) >= 11 is 0. The van der Waals surface area contributed by atoms with Crippen LogP contribution in [0.15, 0.2) is 18.2 Å². The maximum absolute atomic E-state index is 11.8. The highest BCUT2D eigenvalue weighted by Gasteiger charge is 2.33. The molecule has 0 aliphatic carbocycles. The molecule has 0 spiro atoms. The first kappa shape index (κ1) is 17.7. The van der Waals surface area contributed by atoms with Crippen LogP contribution in [0.3, 0.4) is 0 Å². The summed E-state index contributed by atoms with van der Waals surface area (Å²) in [7, 11) is 1.46. The maximum atomic E-state index is 11.8. The molecule has 0 saturated carbocycles. The fourth-order valence-electron chi connectivity index (χ4n) is 4.96. The lowest BCUT2D eigenvalue weighted by Gasteiger charge is -2.28. The molecular weight excluding hydrogens is 326 g/mol. The van der Waals surface area contributed by atoms with E-state index < -0.39 is 0 Å². The van der Waals surface area contributed by atoms with Crippen molar-refractivity contribution in [1.82, 2.24) is 9.80 Å². The van der Waals surface area contributed by atoms with Crippen molar-refractivity contribution in [3.63, 3.8) is 0 Å². The second-order valence-corrected chi connectivity index (χ2v) is 8.03. The molecule has 3 aliphatic heterocycles. The quantitative estimate of drug-likeness (QED) is 0.815. The Bertz CT molecular complexity index is 663. The number of nitrogens with zero attached hydrogens (tertiary/aromatic N) is 3. The highest BCUT2D eigenvalue weighted by Crippen LogP contribution is 2.30. The first-order chi connectivity index (χ1) is 12.7. The first-order valence-corrected chi connectivity index (χ1v) is 10.1. The van der Waals surface area contributed by atoms with E-state index in [2.05, 4.69) is 34.9 Å². The molecule has 4 rings (SSSR count). The summed E-state index contributed by atoms with van der Waals surface area (Å²) in [5.74, 6) is 0. The molecule has 0 N–H and O–H groups in total. The SMILES string of the molecule is COC(=O)N1CCc2ccc(N3CCC(N4CCCC4C)C3)cc2CC1. The van der Waals surface area contributed by atoms with Gasteiger partial charge in [0, 0.05) is 44.0 Å². The molecule has 5 heteroatoms. The van der Waals surface area contributed by atoms with Crippen molar-refractivity contribution < 1.29 is 9.53 Å². The van der Waals surface area contributed by atoms with Crippen molar-refractivity contribution in [3.05, 3.63) is 29.3 Å². The number of rotatable bonds is 2. The van der Waals surface area contributed by atoms with Gasteiger partial charge in [0.2, 0.25) is 0 Å². The van der Waals surface area contributed by atoms with Gasteiger partial charge in [-0.15, -0.1) is 0 Å². The first-order valence-electron chi connectivity index (χ1n) is 10.1. The predicted octanol–water partition coefficient (Wildman–Crippen LogP) is 2.92. The second-order valence-electron chi connectivity index (χ2n) is 8.03. The third-order valence-corrected chi connectivity index (χ3v) is 6.53. The van der Waals surface area contributed by atoms with E-state index in [-0.39, 0.29) is 6.09 Å². The maximum Gasteiger partial charge on any atom is 0.409 e. The third kappa shape index (κ3) is 3.41. The Kier molecular flexibility index (Phi) is 5.07. The van der Waals surface area contributed by atoms with Crippen molar-refractivity contribution in [3.8, 4) is 0 Å². The summed E-state index contributed by atoms with van der Waals surface area (Å²) in [4.78, 5) is 18.9. The van der Waals surface area contributed by atoms with Crippen LogP contribution in [0.1, 0.15) is 37.3 Å². The Morgan fingerprint density at radius 1 is 1.08 bits per heavy atom. The van der Waals surface area contributed by atoms with Gasteiger partial charge < -0.3 is 14.5 Å². The smallest absolute Gasteiger partial charge is 0.409 e. The van der Waals surface area contributed by atoms with Crippen LogP contribution in [-0.4, -0.2) is 67.8 Å². The molecular formula is C21H31N3O2. The minimum Gasteiger partial charge on any atom is -0.453 e. The largest absolute Gasteiger partial charge is 0.453 e. The van der Waals surface area contributed by atoms with Crippen LogP contribution in [0.2, 0.25) is 0 Å². The van der Waals surface area contributed by atoms with Crippen LogP contribution in [0.5, 0.6) is 0 Å². The molecule has 2 fully saturated rings. The molecule has 2 atom stereocenters. The van der Waals surface area contributed by atoms with E-state index in [0.717, 1.165) is 45.1 Å². The Morgan fingerprint density at radius 3 is 2.62 bits per heavy atom. The number of likely N-dealkylation sites (tertiary alicyclic amines) is 1. The van der Waals surface area contributed by atoms with Gasteiger partial charge in [0.15, 0.2) is 0 Å². The van der Waals surface area contributed by atoms with Gasteiger partial charge >= 0.3 is 6.09 Å². The Morgan fingerprint density at radius 2 is 1.88 bits per heavy atom. The highest BCUT2D eigenvalue weighted by atomic mass is 16.5. The molecule has 142 valence electrons. The molecule has 5 nitrogen and oxygen atoms in total. The van der Waals surface area contributed by atoms with Crippen molar-refractivity contribution in [2.45, 2.75) is 51.1 Å². The zero-order valence-electron chi connectivity index (χ0n) is 16.1. The van der Waals surface area contributed by atoms with E-state index in [9.17, 15) is 4.79 Å². The van der Waals surface area contributed by atoms with Crippen LogP contribution in [-0.2, 0) is 17.6 Å². The monoisotopic (exact) mass is 357 g/mol. The fraction of sp³-hybridized carbons (Fsp3) is 0.667. The number of benzene rings is 1. The molecule has 2 saturated heterocycles. The molecule has 1 aromatic carbocycles. The minimum atomic E-state index is -0.208. The number of ether oxygens (including phenoxy) is 1. The number of anilines is 1. The predicted molar refractivity (Wildman–Crippen MR) is 104 cm³/mol. The summed E-state index contributed by atoms with van der Waals surface area (Å²) < 4.78 is 4.89. The zero-order chi connectivity index (χ0) is 18.1. The zero-order valence-corrected chi connectivity index (χ0v) is 16.1. The summed E-state index contributed by atoms with van der Waals surface area (Å²) in [5.41, 5.74) is 4.13. The van der Waals surface area contributed by atoms with Gasteiger partial charge in [0.05, 0.1) is 7.11 Å².